The molecule has 178 valence electrons. The van der Waals surface area contributed by atoms with E-state index < -0.39 is 27.7 Å². The molecular formula is C22H24F3N3O4S. The van der Waals surface area contributed by atoms with Crippen molar-refractivity contribution >= 4 is 27.5 Å². The fourth-order valence-electron chi connectivity index (χ4n) is 3.47. The van der Waals surface area contributed by atoms with Gasteiger partial charge in [-0.05, 0) is 54.8 Å². The van der Waals surface area contributed by atoms with Crippen LogP contribution in [-0.2, 0) is 21.0 Å². The molecule has 0 spiro atoms. The van der Waals surface area contributed by atoms with E-state index in [0.29, 0.717) is 25.6 Å². The van der Waals surface area contributed by atoms with Crippen molar-refractivity contribution in [3.63, 3.8) is 0 Å². The van der Waals surface area contributed by atoms with Crippen LogP contribution in [0.5, 0.6) is 0 Å². The number of sulfonamides is 1. The molecule has 0 bridgehead atoms. The van der Waals surface area contributed by atoms with Crippen LogP contribution in [0.15, 0.2) is 53.4 Å². The predicted octanol–water partition coefficient (Wildman–Crippen LogP) is 3.49. The van der Waals surface area contributed by atoms with Crippen molar-refractivity contribution in [2.45, 2.75) is 30.8 Å². The van der Waals surface area contributed by atoms with Gasteiger partial charge in [-0.2, -0.15) is 13.2 Å². The molecule has 33 heavy (non-hydrogen) atoms. The molecule has 0 aromatic heterocycles. The molecule has 1 atom stereocenters. The molecule has 11 heteroatoms. The Morgan fingerprint density at radius 3 is 2.45 bits per heavy atom. The second kappa shape index (κ2) is 9.82. The predicted molar refractivity (Wildman–Crippen MR) is 116 cm³/mol. The summed E-state index contributed by atoms with van der Waals surface area (Å²) in [5, 5.41) is 2.76. The molecule has 1 saturated heterocycles. The Labute approximate surface area is 190 Å². The van der Waals surface area contributed by atoms with Crippen molar-refractivity contribution in [2.75, 3.05) is 24.4 Å². The Balaban J connectivity index is 1.59. The lowest BCUT2D eigenvalue weighted by Gasteiger charge is -2.21. The summed E-state index contributed by atoms with van der Waals surface area (Å²) in [7, 11) is -4.15. The summed E-state index contributed by atoms with van der Waals surface area (Å²) >= 11 is 0. The van der Waals surface area contributed by atoms with Gasteiger partial charge < -0.3 is 10.2 Å². The van der Waals surface area contributed by atoms with Crippen LogP contribution in [0, 0.1) is 5.92 Å². The molecule has 0 unspecified atom stereocenters. The highest BCUT2D eigenvalue weighted by molar-refractivity contribution is 7.92. The van der Waals surface area contributed by atoms with Gasteiger partial charge in [0.1, 0.15) is 0 Å². The Bertz CT molecular complexity index is 1120. The van der Waals surface area contributed by atoms with Gasteiger partial charge in [0.05, 0.1) is 10.5 Å². The van der Waals surface area contributed by atoms with Crippen molar-refractivity contribution in [1.82, 2.24) is 10.2 Å². The maximum atomic E-state index is 12.8. The van der Waals surface area contributed by atoms with Crippen LogP contribution in [0.2, 0.25) is 0 Å². The van der Waals surface area contributed by atoms with Gasteiger partial charge in [0, 0.05) is 37.3 Å². The number of alkyl halides is 3. The number of benzene rings is 2. The highest BCUT2D eigenvalue weighted by Crippen LogP contribution is 2.31. The zero-order chi connectivity index (χ0) is 24.2. The van der Waals surface area contributed by atoms with Crippen molar-refractivity contribution < 1.29 is 31.2 Å². The third kappa shape index (κ3) is 6.47. The van der Waals surface area contributed by atoms with Gasteiger partial charge >= 0.3 is 6.18 Å². The molecule has 1 aliphatic heterocycles. The zero-order valence-corrected chi connectivity index (χ0v) is 18.7. The van der Waals surface area contributed by atoms with E-state index in [-0.39, 0.29) is 28.0 Å². The number of anilines is 1. The zero-order valence-electron chi connectivity index (χ0n) is 17.9. The minimum absolute atomic E-state index is 0.0484. The van der Waals surface area contributed by atoms with Crippen LogP contribution < -0.4 is 10.0 Å². The third-order valence-electron chi connectivity index (χ3n) is 5.18. The fourth-order valence-corrected chi connectivity index (χ4v) is 4.51. The normalized spacial score (nSPS) is 15.4. The number of rotatable bonds is 8. The second-order valence-electron chi connectivity index (χ2n) is 7.97. The molecule has 1 fully saturated rings. The number of amides is 2. The van der Waals surface area contributed by atoms with Gasteiger partial charge in [-0.1, -0.05) is 13.0 Å². The molecule has 1 heterocycles. The number of nitrogens with one attached hydrogen (secondary N) is 2. The molecule has 0 saturated carbocycles. The van der Waals surface area contributed by atoms with Crippen molar-refractivity contribution in [3.05, 3.63) is 59.7 Å². The molecular weight excluding hydrogens is 459 g/mol. The maximum absolute atomic E-state index is 12.8. The van der Waals surface area contributed by atoms with Gasteiger partial charge in [0.2, 0.25) is 5.91 Å². The molecule has 2 aromatic rings. The van der Waals surface area contributed by atoms with E-state index in [1.807, 2.05) is 6.92 Å². The monoisotopic (exact) mass is 483 g/mol. The molecule has 1 aliphatic rings. The van der Waals surface area contributed by atoms with E-state index in [2.05, 4.69) is 10.0 Å². The standard InChI is InChI=1S/C22H24F3N3O4S/c1-15(14-28-11-3-6-20(28)29)13-26-21(30)16-7-9-19(10-8-16)33(31,32)27-18-5-2-4-17(12-18)22(23,24)25/h2,4-5,7-10,12,15,27H,3,6,11,13-14H2,1H3,(H,26,30)/t15-/m1/s1. The number of halogens is 3. The Morgan fingerprint density at radius 2 is 1.85 bits per heavy atom. The summed E-state index contributed by atoms with van der Waals surface area (Å²) in [6.45, 7) is 3.54. The topological polar surface area (TPSA) is 95.6 Å². The van der Waals surface area contributed by atoms with Crippen LogP contribution in [0.4, 0.5) is 18.9 Å². The lowest BCUT2D eigenvalue weighted by atomic mass is 10.1. The van der Waals surface area contributed by atoms with Crippen molar-refractivity contribution in [3.8, 4) is 0 Å². The third-order valence-corrected chi connectivity index (χ3v) is 6.58. The van der Waals surface area contributed by atoms with Crippen LogP contribution in [0.1, 0.15) is 35.7 Å². The van der Waals surface area contributed by atoms with E-state index in [1.165, 1.54) is 30.3 Å². The Hall–Kier alpha value is -3.08. The van der Waals surface area contributed by atoms with E-state index in [4.69, 9.17) is 0 Å². The quantitative estimate of drug-likeness (QED) is 0.601. The first-order valence-electron chi connectivity index (χ1n) is 10.3. The molecule has 3 rings (SSSR count). The van der Waals surface area contributed by atoms with E-state index in [1.54, 1.807) is 4.90 Å². The summed E-state index contributed by atoms with van der Waals surface area (Å²) in [6, 6.07) is 8.93. The van der Waals surface area contributed by atoms with E-state index >= 15 is 0 Å². The first-order valence-corrected chi connectivity index (χ1v) is 11.8. The number of carbonyl (C=O) groups is 2. The van der Waals surface area contributed by atoms with Crippen LogP contribution in [0.3, 0.4) is 0 Å². The SMILES string of the molecule is C[C@H](CNC(=O)c1ccc(S(=O)(=O)Nc2cccc(C(F)(F)F)c2)cc1)CN1CCCC1=O. The number of carbonyl (C=O) groups excluding carboxylic acids is 2. The first kappa shape index (κ1) is 24.6. The van der Waals surface area contributed by atoms with Gasteiger partial charge in [-0.3, -0.25) is 14.3 Å². The van der Waals surface area contributed by atoms with Gasteiger partial charge in [0.15, 0.2) is 0 Å². The van der Waals surface area contributed by atoms with Gasteiger partial charge in [0.25, 0.3) is 15.9 Å². The Morgan fingerprint density at radius 1 is 1.15 bits per heavy atom. The second-order valence-corrected chi connectivity index (χ2v) is 9.65. The molecule has 2 aromatic carbocycles. The van der Waals surface area contributed by atoms with Crippen molar-refractivity contribution in [2.24, 2.45) is 5.92 Å². The first-order chi connectivity index (χ1) is 15.5. The van der Waals surface area contributed by atoms with Crippen LogP contribution >= 0.6 is 0 Å². The maximum Gasteiger partial charge on any atom is 0.416 e. The Kier molecular flexibility index (Phi) is 7.31. The summed E-state index contributed by atoms with van der Waals surface area (Å²) in [5.74, 6) is -0.236. The smallest absolute Gasteiger partial charge is 0.352 e. The fraction of sp³-hybridized carbons (Fsp3) is 0.364. The van der Waals surface area contributed by atoms with Gasteiger partial charge in [-0.15, -0.1) is 0 Å². The van der Waals surface area contributed by atoms with Crippen molar-refractivity contribution in [1.29, 1.82) is 0 Å². The summed E-state index contributed by atoms with van der Waals surface area (Å²) in [6.07, 6.45) is -3.20. The number of nitrogens with zero attached hydrogens (tertiary/aromatic N) is 1. The molecule has 2 amide bonds. The largest absolute Gasteiger partial charge is 0.416 e. The number of hydrogen-bond acceptors (Lipinski definition) is 4. The summed E-state index contributed by atoms with van der Waals surface area (Å²) < 4.78 is 65.7. The van der Waals surface area contributed by atoms with Crippen LogP contribution in [0.25, 0.3) is 0 Å². The lowest BCUT2D eigenvalue weighted by Crippen LogP contribution is -2.36. The van der Waals surface area contributed by atoms with E-state index in [0.717, 1.165) is 25.1 Å². The van der Waals surface area contributed by atoms with Gasteiger partial charge in [-0.25, -0.2) is 8.42 Å². The molecule has 0 aliphatic carbocycles. The summed E-state index contributed by atoms with van der Waals surface area (Å²) in [4.78, 5) is 25.6. The average molecular weight is 484 g/mol. The molecule has 0 radical (unpaired) electrons. The minimum atomic E-state index is -4.60. The van der Waals surface area contributed by atoms with Crippen LogP contribution in [-0.4, -0.2) is 44.8 Å². The molecule has 7 nitrogen and oxygen atoms in total. The minimum Gasteiger partial charge on any atom is -0.352 e. The highest BCUT2D eigenvalue weighted by Gasteiger charge is 2.30. The lowest BCUT2D eigenvalue weighted by molar-refractivity contribution is -0.137. The number of likely N-dealkylation sites (tertiary alicyclic amines) is 1. The summed E-state index contributed by atoms with van der Waals surface area (Å²) in [5.41, 5.74) is -0.965. The average Bonchev–Trinajstić information content (AvgIpc) is 3.15. The number of hydrogen-bond donors (Lipinski definition) is 2. The highest BCUT2D eigenvalue weighted by atomic mass is 32.2. The molecule has 2 N–H and O–H groups in total. The van der Waals surface area contributed by atoms with E-state index in [9.17, 15) is 31.2 Å².